The van der Waals surface area contributed by atoms with E-state index < -0.39 is 6.09 Å². The van der Waals surface area contributed by atoms with Gasteiger partial charge in [0, 0.05) is 37.6 Å². The normalized spacial score (nSPS) is 26.1. The molecule has 15 heavy (non-hydrogen) atoms. The SMILES string of the molecule is O=C1CC2CCN(C(=O)O)CCC2=NN1. The average molecular weight is 211 g/mol. The minimum atomic E-state index is -0.895. The summed E-state index contributed by atoms with van der Waals surface area (Å²) in [5.74, 6) is 0.0515. The molecule has 2 aliphatic heterocycles. The second-order valence-electron chi connectivity index (χ2n) is 3.85. The fourth-order valence-electron chi connectivity index (χ4n) is 2.01. The van der Waals surface area contributed by atoms with Gasteiger partial charge in [-0.3, -0.25) is 4.79 Å². The summed E-state index contributed by atoms with van der Waals surface area (Å²) in [6.07, 6.45) is 0.857. The van der Waals surface area contributed by atoms with Crippen molar-refractivity contribution in [2.45, 2.75) is 19.3 Å². The number of hydrogen-bond donors (Lipinski definition) is 2. The first-order valence-corrected chi connectivity index (χ1v) is 5.00. The van der Waals surface area contributed by atoms with Crippen molar-refractivity contribution < 1.29 is 14.7 Å². The molecule has 2 N–H and O–H groups in total. The summed E-state index contributed by atoms with van der Waals surface area (Å²) in [7, 11) is 0. The van der Waals surface area contributed by atoms with Gasteiger partial charge in [0.1, 0.15) is 0 Å². The van der Waals surface area contributed by atoms with E-state index in [4.69, 9.17) is 5.11 Å². The molecule has 2 rings (SSSR count). The Morgan fingerprint density at radius 3 is 3.07 bits per heavy atom. The van der Waals surface area contributed by atoms with E-state index >= 15 is 0 Å². The molecular formula is C9H13N3O3. The Kier molecular flexibility index (Phi) is 2.57. The standard InChI is InChI=1S/C9H13N3O3/c13-8-5-6-1-3-12(9(14)15)4-2-7(6)10-11-8/h6H,1-5H2,(H,11,13)(H,14,15). The number of nitrogens with one attached hydrogen (secondary N) is 1. The van der Waals surface area contributed by atoms with Crippen LogP contribution in [-0.2, 0) is 4.79 Å². The molecule has 0 spiro atoms. The van der Waals surface area contributed by atoms with Crippen molar-refractivity contribution in [2.75, 3.05) is 13.1 Å². The summed E-state index contributed by atoms with van der Waals surface area (Å²) in [6, 6.07) is 0. The number of nitrogens with zero attached hydrogens (tertiary/aromatic N) is 2. The third kappa shape index (κ3) is 2.08. The molecule has 82 valence electrons. The van der Waals surface area contributed by atoms with Gasteiger partial charge in [-0.25, -0.2) is 10.2 Å². The zero-order chi connectivity index (χ0) is 10.8. The van der Waals surface area contributed by atoms with Crippen molar-refractivity contribution in [2.24, 2.45) is 11.0 Å². The fraction of sp³-hybridized carbons (Fsp3) is 0.667. The van der Waals surface area contributed by atoms with E-state index in [0.29, 0.717) is 32.4 Å². The van der Waals surface area contributed by atoms with Gasteiger partial charge >= 0.3 is 6.09 Å². The van der Waals surface area contributed by atoms with E-state index in [1.54, 1.807) is 0 Å². The lowest BCUT2D eigenvalue weighted by atomic mass is 9.93. The molecule has 2 amide bonds. The lowest BCUT2D eigenvalue weighted by Crippen LogP contribution is -2.32. The maximum atomic E-state index is 11.1. The van der Waals surface area contributed by atoms with Crippen LogP contribution in [0.3, 0.4) is 0 Å². The van der Waals surface area contributed by atoms with Crippen LogP contribution in [0.25, 0.3) is 0 Å². The molecule has 0 aromatic heterocycles. The first kappa shape index (κ1) is 9.95. The van der Waals surface area contributed by atoms with Gasteiger partial charge in [-0.1, -0.05) is 0 Å². The molecule has 0 bridgehead atoms. The van der Waals surface area contributed by atoms with Gasteiger partial charge in [-0.15, -0.1) is 0 Å². The molecular weight excluding hydrogens is 198 g/mol. The van der Waals surface area contributed by atoms with Gasteiger partial charge in [0.25, 0.3) is 0 Å². The second kappa shape index (κ2) is 3.88. The van der Waals surface area contributed by atoms with Crippen molar-refractivity contribution >= 4 is 17.7 Å². The largest absolute Gasteiger partial charge is 0.465 e. The van der Waals surface area contributed by atoms with E-state index in [9.17, 15) is 9.59 Å². The molecule has 0 aromatic carbocycles. The van der Waals surface area contributed by atoms with E-state index in [1.807, 2.05) is 0 Å². The molecule has 0 radical (unpaired) electrons. The molecule has 1 saturated heterocycles. The van der Waals surface area contributed by atoms with Crippen molar-refractivity contribution in [3.05, 3.63) is 0 Å². The number of fused-ring (bicyclic) bond motifs is 1. The minimum Gasteiger partial charge on any atom is -0.465 e. The molecule has 2 heterocycles. The molecule has 0 aliphatic carbocycles. The number of carboxylic acid groups (broad SMARTS) is 1. The van der Waals surface area contributed by atoms with Gasteiger partial charge in [0.05, 0.1) is 0 Å². The molecule has 0 aromatic rings. The van der Waals surface area contributed by atoms with Gasteiger partial charge < -0.3 is 10.0 Å². The van der Waals surface area contributed by atoms with Crippen LogP contribution in [0.2, 0.25) is 0 Å². The lowest BCUT2D eigenvalue weighted by molar-refractivity contribution is -0.122. The van der Waals surface area contributed by atoms with Crippen molar-refractivity contribution in [1.82, 2.24) is 10.3 Å². The number of amides is 2. The molecule has 1 unspecified atom stereocenters. The maximum Gasteiger partial charge on any atom is 0.407 e. The van der Waals surface area contributed by atoms with Gasteiger partial charge in [-0.05, 0) is 6.42 Å². The predicted molar refractivity (Wildman–Crippen MR) is 52.5 cm³/mol. The molecule has 1 atom stereocenters. The highest BCUT2D eigenvalue weighted by Crippen LogP contribution is 2.21. The van der Waals surface area contributed by atoms with Crippen LogP contribution in [0.5, 0.6) is 0 Å². The zero-order valence-corrected chi connectivity index (χ0v) is 8.27. The van der Waals surface area contributed by atoms with Crippen molar-refractivity contribution in [3.8, 4) is 0 Å². The number of carbonyl (C=O) groups is 2. The Balaban J connectivity index is 2.07. The highest BCUT2D eigenvalue weighted by Gasteiger charge is 2.28. The number of carbonyl (C=O) groups excluding carboxylic acids is 1. The van der Waals surface area contributed by atoms with Crippen molar-refractivity contribution in [1.29, 1.82) is 0 Å². The topological polar surface area (TPSA) is 82.0 Å². The second-order valence-corrected chi connectivity index (χ2v) is 3.85. The summed E-state index contributed by atoms with van der Waals surface area (Å²) < 4.78 is 0. The number of hydrazone groups is 1. The van der Waals surface area contributed by atoms with Crippen LogP contribution in [-0.4, -0.2) is 40.8 Å². The number of likely N-dealkylation sites (tertiary alicyclic amines) is 1. The van der Waals surface area contributed by atoms with Crippen LogP contribution in [0.4, 0.5) is 4.79 Å². The van der Waals surface area contributed by atoms with Crippen molar-refractivity contribution in [3.63, 3.8) is 0 Å². The van der Waals surface area contributed by atoms with E-state index in [2.05, 4.69) is 10.5 Å². The quantitative estimate of drug-likeness (QED) is 0.602. The van der Waals surface area contributed by atoms with Crippen LogP contribution >= 0.6 is 0 Å². The third-order valence-corrected chi connectivity index (χ3v) is 2.88. The minimum absolute atomic E-state index is 0.0764. The Labute approximate surface area is 86.9 Å². The number of hydrogen-bond acceptors (Lipinski definition) is 3. The Morgan fingerprint density at radius 1 is 1.53 bits per heavy atom. The van der Waals surface area contributed by atoms with E-state index in [-0.39, 0.29) is 11.8 Å². The summed E-state index contributed by atoms with van der Waals surface area (Å²) in [4.78, 5) is 23.3. The van der Waals surface area contributed by atoms with E-state index in [0.717, 1.165) is 5.71 Å². The smallest absolute Gasteiger partial charge is 0.407 e. The summed E-state index contributed by atoms with van der Waals surface area (Å²) in [6.45, 7) is 0.965. The Bertz CT molecular complexity index is 327. The predicted octanol–water partition coefficient (Wildman–Crippen LogP) is 0.252. The summed E-state index contributed by atoms with van der Waals surface area (Å²) in [5, 5.41) is 12.8. The fourth-order valence-corrected chi connectivity index (χ4v) is 2.01. The third-order valence-electron chi connectivity index (χ3n) is 2.88. The van der Waals surface area contributed by atoms with Gasteiger partial charge in [0.15, 0.2) is 0 Å². The maximum absolute atomic E-state index is 11.1. The average Bonchev–Trinajstić information content (AvgIpc) is 2.39. The molecule has 2 aliphatic rings. The monoisotopic (exact) mass is 211 g/mol. The number of rotatable bonds is 0. The zero-order valence-electron chi connectivity index (χ0n) is 8.27. The molecule has 6 nitrogen and oxygen atoms in total. The van der Waals surface area contributed by atoms with Crippen LogP contribution in [0.15, 0.2) is 5.10 Å². The molecule has 0 saturated carbocycles. The van der Waals surface area contributed by atoms with E-state index in [1.165, 1.54) is 4.90 Å². The lowest BCUT2D eigenvalue weighted by Gasteiger charge is -2.19. The Hall–Kier alpha value is -1.59. The molecule has 6 heteroatoms. The van der Waals surface area contributed by atoms with Crippen LogP contribution in [0.1, 0.15) is 19.3 Å². The first-order valence-electron chi connectivity index (χ1n) is 5.00. The molecule has 1 fully saturated rings. The van der Waals surface area contributed by atoms with Crippen LogP contribution < -0.4 is 5.43 Å². The highest BCUT2D eigenvalue weighted by molar-refractivity contribution is 5.95. The summed E-state index contributed by atoms with van der Waals surface area (Å²) >= 11 is 0. The highest BCUT2D eigenvalue weighted by atomic mass is 16.4. The van der Waals surface area contributed by atoms with Crippen LogP contribution in [0, 0.1) is 5.92 Å². The van der Waals surface area contributed by atoms with Gasteiger partial charge in [0.2, 0.25) is 5.91 Å². The summed E-state index contributed by atoms with van der Waals surface area (Å²) in [5.41, 5.74) is 3.37. The first-order chi connectivity index (χ1) is 7.16. The Morgan fingerprint density at radius 2 is 2.33 bits per heavy atom. The van der Waals surface area contributed by atoms with Gasteiger partial charge in [-0.2, -0.15) is 5.10 Å².